The Balaban J connectivity index is 3.10. The summed E-state index contributed by atoms with van der Waals surface area (Å²) in [4.78, 5) is 20.2. The van der Waals surface area contributed by atoms with E-state index in [0.717, 1.165) is 0 Å². The van der Waals surface area contributed by atoms with Gasteiger partial charge in [0.1, 0.15) is 0 Å². The molecule has 0 atom stereocenters. The molecule has 0 amide bonds. The van der Waals surface area contributed by atoms with Crippen LogP contribution in [0, 0.1) is 10.8 Å². The van der Waals surface area contributed by atoms with Crippen LogP contribution in [0.3, 0.4) is 0 Å². The summed E-state index contributed by atoms with van der Waals surface area (Å²) in [6.07, 6.45) is 2.91. The molecular formula is C17H19BrF2N2O3. The van der Waals surface area contributed by atoms with Crippen LogP contribution >= 0.6 is 15.9 Å². The molecule has 0 aromatic rings. The van der Waals surface area contributed by atoms with Gasteiger partial charge in [-0.3, -0.25) is 9.59 Å². The summed E-state index contributed by atoms with van der Waals surface area (Å²) >= 11 is 1.98. The van der Waals surface area contributed by atoms with E-state index in [4.69, 9.17) is 15.9 Å². The SMILES string of the molecule is N=C1C=C=CC/C(CCCO)=C(/C(=N)CCC(=O)C(F)(F)Br)C(=O)C1. The van der Waals surface area contributed by atoms with E-state index in [-0.39, 0.29) is 36.4 Å². The first kappa shape index (κ1) is 21.3. The Morgan fingerprint density at radius 3 is 2.68 bits per heavy atom. The molecule has 25 heavy (non-hydrogen) atoms. The van der Waals surface area contributed by atoms with Crippen molar-refractivity contribution in [2.75, 3.05) is 6.61 Å². The van der Waals surface area contributed by atoms with Gasteiger partial charge in [-0.25, -0.2) is 0 Å². The lowest BCUT2D eigenvalue weighted by molar-refractivity contribution is -0.131. The highest BCUT2D eigenvalue weighted by Crippen LogP contribution is 2.26. The van der Waals surface area contributed by atoms with Crippen molar-refractivity contribution in [2.24, 2.45) is 0 Å². The normalized spacial score (nSPS) is 18.7. The van der Waals surface area contributed by atoms with Gasteiger partial charge in [-0.2, -0.15) is 8.78 Å². The van der Waals surface area contributed by atoms with Crippen LogP contribution in [-0.4, -0.2) is 39.5 Å². The summed E-state index contributed by atoms with van der Waals surface area (Å²) < 4.78 is 25.8. The summed E-state index contributed by atoms with van der Waals surface area (Å²) in [7, 11) is 0. The highest BCUT2D eigenvalue weighted by molar-refractivity contribution is 9.10. The Kier molecular flexibility index (Phi) is 8.22. The first-order chi connectivity index (χ1) is 11.7. The zero-order chi connectivity index (χ0) is 19.0. The van der Waals surface area contributed by atoms with Crippen molar-refractivity contribution in [3.8, 4) is 0 Å². The van der Waals surface area contributed by atoms with Crippen molar-refractivity contribution in [2.45, 2.75) is 43.4 Å². The minimum Gasteiger partial charge on any atom is -0.396 e. The number of hydrogen-bond donors (Lipinski definition) is 3. The van der Waals surface area contributed by atoms with E-state index in [1.807, 2.05) is 15.9 Å². The smallest absolute Gasteiger partial charge is 0.358 e. The minimum absolute atomic E-state index is 0.0260. The van der Waals surface area contributed by atoms with Crippen molar-refractivity contribution < 1.29 is 23.5 Å². The standard InChI is InChI=1S/C17H19BrF2N2O3/c18-17(19,20)15(25)8-7-13(22)16-11(5-3-9-23)4-1-2-6-12(21)10-14(16)24/h1,6,21-23H,3-5,7-10H2/b16-11+,21-12?,22-13?. The lowest BCUT2D eigenvalue weighted by atomic mass is 9.90. The number of allylic oxidation sites excluding steroid dienone is 3. The molecule has 136 valence electrons. The maximum Gasteiger partial charge on any atom is 0.358 e. The van der Waals surface area contributed by atoms with Gasteiger partial charge in [-0.1, -0.05) is 5.57 Å². The van der Waals surface area contributed by atoms with E-state index in [1.165, 1.54) is 6.08 Å². The van der Waals surface area contributed by atoms with Gasteiger partial charge in [0.2, 0.25) is 5.78 Å². The Morgan fingerprint density at radius 1 is 1.40 bits per heavy atom. The molecule has 1 rings (SSSR count). The average molecular weight is 417 g/mol. The first-order valence-corrected chi connectivity index (χ1v) is 8.48. The summed E-state index contributed by atoms with van der Waals surface area (Å²) in [5, 5.41) is 24.8. The predicted octanol–water partition coefficient (Wildman–Crippen LogP) is 3.51. The third-order valence-corrected chi connectivity index (χ3v) is 4.01. The summed E-state index contributed by atoms with van der Waals surface area (Å²) in [5.41, 5.74) is 3.25. The number of carbonyl (C=O) groups excluding carboxylic acids is 2. The fourth-order valence-corrected chi connectivity index (χ4v) is 2.56. The lowest BCUT2D eigenvalue weighted by Gasteiger charge is -2.15. The van der Waals surface area contributed by atoms with Crippen LogP contribution in [0.25, 0.3) is 0 Å². The monoisotopic (exact) mass is 416 g/mol. The Morgan fingerprint density at radius 2 is 2.08 bits per heavy atom. The second-order valence-corrected chi connectivity index (χ2v) is 6.55. The average Bonchev–Trinajstić information content (AvgIpc) is 2.58. The van der Waals surface area contributed by atoms with Gasteiger partial charge in [0.15, 0.2) is 5.78 Å². The number of aliphatic hydroxyl groups excluding tert-OH is 1. The van der Waals surface area contributed by atoms with Crippen LogP contribution in [0.1, 0.15) is 38.5 Å². The quantitative estimate of drug-likeness (QED) is 0.320. The fraction of sp³-hybridized carbons (Fsp3) is 0.471. The topological polar surface area (TPSA) is 102 Å². The minimum atomic E-state index is -3.65. The van der Waals surface area contributed by atoms with Crippen molar-refractivity contribution in [3.63, 3.8) is 0 Å². The van der Waals surface area contributed by atoms with Gasteiger partial charge in [-0.05, 0) is 47.7 Å². The maximum absolute atomic E-state index is 12.9. The molecule has 1 aliphatic carbocycles. The van der Waals surface area contributed by atoms with Crippen molar-refractivity contribution >= 4 is 38.9 Å². The molecule has 0 saturated heterocycles. The number of hydrogen-bond acceptors (Lipinski definition) is 5. The molecule has 3 N–H and O–H groups in total. The zero-order valence-corrected chi connectivity index (χ0v) is 15.1. The molecule has 0 spiro atoms. The van der Waals surface area contributed by atoms with Gasteiger partial charge in [0.05, 0.1) is 6.42 Å². The van der Waals surface area contributed by atoms with Crippen LogP contribution in [-0.2, 0) is 9.59 Å². The number of halogens is 3. The van der Waals surface area contributed by atoms with Crippen molar-refractivity contribution in [1.82, 2.24) is 0 Å². The van der Waals surface area contributed by atoms with Gasteiger partial charge < -0.3 is 15.9 Å². The predicted molar refractivity (Wildman–Crippen MR) is 93.8 cm³/mol. The zero-order valence-electron chi connectivity index (χ0n) is 13.5. The highest BCUT2D eigenvalue weighted by Gasteiger charge is 2.34. The van der Waals surface area contributed by atoms with E-state index in [0.29, 0.717) is 24.8 Å². The Bertz CT molecular complexity index is 672. The van der Waals surface area contributed by atoms with Gasteiger partial charge >= 0.3 is 4.83 Å². The molecule has 5 nitrogen and oxygen atoms in total. The third-order valence-electron chi connectivity index (χ3n) is 3.56. The molecule has 0 unspecified atom stereocenters. The molecule has 0 bridgehead atoms. The Hall–Kier alpha value is -1.76. The maximum atomic E-state index is 12.9. The number of aliphatic hydroxyl groups is 1. The molecule has 0 saturated carbocycles. The Labute approximate surface area is 152 Å². The summed E-state index contributed by atoms with van der Waals surface area (Å²) in [5.74, 6) is -1.83. The second-order valence-electron chi connectivity index (χ2n) is 5.55. The number of nitrogens with one attached hydrogen (secondary N) is 2. The van der Waals surface area contributed by atoms with Gasteiger partial charge in [0.25, 0.3) is 0 Å². The highest BCUT2D eigenvalue weighted by atomic mass is 79.9. The fourth-order valence-electron chi connectivity index (χ4n) is 2.36. The molecule has 8 heteroatoms. The third kappa shape index (κ3) is 6.94. The van der Waals surface area contributed by atoms with Gasteiger partial charge in [0, 0.05) is 36.1 Å². The van der Waals surface area contributed by atoms with Crippen LogP contribution in [0.5, 0.6) is 0 Å². The molecule has 0 aliphatic heterocycles. The van der Waals surface area contributed by atoms with E-state index in [2.05, 4.69) is 5.73 Å². The molecule has 0 heterocycles. The van der Waals surface area contributed by atoms with E-state index in [9.17, 15) is 18.4 Å². The molecule has 1 aliphatic rings. The number of rotatable bonds is 8. The second kappa shape index (κ2) is 9.65. The molecule has 0 radical (unpaired) electrons. The van der Waals surface area contributed by atoms with Crippen LogP contribution in [0.4, 0.5) is 8.78 Å². The van der Waals surface area contributed by atoms with E-state index in [1.54, 1.807) is 6.08 Å². The lowest BCUT2D eigenvalue weighted by Crippen LogP contribution is -2.23. The molecule has 0 aromatic carbocycles. The van der Waals surface area contributed by atoms with Crippen LogP contribution < -0.4 is 0 Å². The summed E-state index contributed by atoms with van der Waals surface area (Å²) in [6.45, 7) is -0.0953. The number of ketones is 2. The van der Waals surface area contributed by atoms with Crippen molar-refractivity contribution in [1.29, 1.82) is 10.8 Å². The van der Waals surface area contributed by atoms with Crippen molar-refractivity contribution in [3.05, 3.63) is 29.0 Å². The molecule has 0 fully saturated rings. The number of Topliss-reactive ketones (excluding diaryl/α,β-unsaturated/α-hetero) is 2. The van der Waals surface area contributed by atoms with Crippen LogP contribution in [0.15, 0.2) is 29.0 Å². The molecule has 0 aromatic heterocycles. The van der Waals surface area contributed by atoms with Crippen LogP contribution in [0.2, 0.25) is 0 Å². The van der Waals surface area contributed by atoms with E-state index < -0.39 is 22.8 Å². The summed E-state index contributed by atoms with van der Waals surface area (Å²) in [6, 6.07) is 0. The van der Waals surface area contributed by atoms with Gasteiger partial charge in [-0.15, -0.1) is 5.73 Å². The first-order valence-electron chi connectivity index (χ1n) is 7.69. The van der Waals surface area contributed by atoms with E-state index >= 15 is 0 Å². The molecular weight excluding hydrogens is 398 g/mol. The largest absolute Gasteiger partial charge is 0.396 e. The number of alkyl halides is 3. The number of carbonyl (C=O) groups is 2.